The molecule has 0 heterocycles. The zero-order chi connectivity index (χ0) is 12.1. The van der Waals surface area contributed by atoms with Crippen LogP contribution in [0.25, 0.3) is 0 Å². The maximum atomic E-state index is 5.70. The van der Waals surface area contributed by atoms with Crippen LogP contribution in [-0.2, 0) is 6.42 Å². The maximum absolute atomic E-state index is 5.70. The number of rotatable bonds is 5. The average Bonchev–Trinajstić information content (AvgIpc) is 2.35. The summed E-state index contributed by atoms with van der Waals surface area (Å²) in [4.78, 5) is 0. The Hall–Kier alpha value is -1.22. The molecule has 0 spiro atoms. The first-order valence-corrected chi connectivity index (χ1v) is 5.62. The molecular weight excluding hydrogens is 202 g/mol. The highest BCUT2D eigenvalue weighted by Crippen LogP contribution is 2.33. The van der Waals surface area contributed by atoms with Gasteiger partial charge < -0.3 is 15.2 Å². The summed E-state index contributed by atoms with van der Waals surface area (Å²) in [5.41, 5.74) is 8.05. The number of aryl methyl sites for hydroxylation is 1. The van der Waals surface area contributed by atoms with Gasteiger partial charge in [-0.3, -0.25) is 0 Å². The molecular formula is C13H21NO2. The Kier molecular flexibility index (Phi) is 4.62. The molecule has 3 nitrogen and oxygen atoms in total. The van der Waals surface area contributed by atoms with Crippen molar-refractivity contribution in [3.05, 3.63) is 23.3 Å². The predicted octanol–water partition coefficient (Wildman–Crippen LogP) is 2.33. The van der Waals surface area contributed by atoms with E-state index < -0.39 is 0 Å². The summed E-state index contributed by atoms with van der Waals surface area (Å²) in [6.07, 6.45) is 0.942. The second kappa shape index (κ2) is 5.75. The monoisotopic (exact) mass is 223 g/mol. The predicted molar refractivity (Wildman–Crippen MR) is 66.4 cm³/mol. The second-order valence-corrected chi connectivity index (χ2v) is 3.90. The topological polar surface area (TPSA) is 44.5 Å². The van der Waals surface area contributed by atoms with Crippen molar-refractivity contribution < 1.29 is 9.47 Å². The minimum absolute atomic E-state index is 0.297. The molecule has 0 aliphatic rings. The van der Waals surface area contributed by atoms with Crippen molar-refractivity contribution in [2.45, 2.75) is 26.2 Å². The van der Waals surface area contributed by atoms with Gasteiger partial charge in [-0.05, 0) is 36.1 Å². The lowest BCUT2D eigenvalue weighted by Crippen LogP contribution is -2.10. The SMILES string of the molecule is CCc1cc(C(C)CN)c(OC)cc1OC. The molecule has 1 unspecified atom stereocenters. The minimum Gasteiger partial charge on any atom is -0.496 e. The zero-order valence-corrected chi connectivity index (χ0v) is 10.5. The molecule has 3 heteroatoms. The van der Waals surface area contributed by atoms with Crippen molar-refractivity contribution in [3.8, 4) is 11.5 Å². The molecule has 1 aromatic carbocycles. The fraction of sp³-hybridized carbons (Fsp3) is 0.538. The normalized spacial score (nSPS) is 12.3. The Bertz CT molecular complexity index is 350. The van der Waals surface area contributed by atoms with Crippen molar-refractivity contribution in [3.63, 3.8) is 0 Å². The van der Waals surface area contributed by atoms with Gasteiger partial charge in [0.05, 0.1) is 14.2 Å². The highest BCUT2D eigenvalue weighted by Gasteiger charge is 2.14. The molecule has 0 aliphatic carbocycles. The number of methoxy groups -OCH3 is 2. The molecule has 0 bridgehead atoms. The van der Waals surface area contributed by atoms with Crippen LogP contribution in [-0.4, -0.2) is 20.8 Å². The lowest BCUT2D eigenvalue weighted by atomic mass is 9.96. The molecule has 2 N–H and O–H groups in total. The highest BCUT2D eigenvalue weighted by atomic mass is 16.5. The molecule has 1 aromatic rings. The molecule has 0 saturated heterocycles. The smallest absolute Gasteiger partial charge is 0.126 e. The van der Waals surface area contributed by atoms with E-state index in [1.54, 1.807) is 14.2 Å². The Morgan fingerprint density at radius 3 is 2.25 bits per heavy atom. The lowest BCUT2D eigenvalue weighted by Gasteiger charge is -2.17. The van der Waals surface area contributed by atoms with Crippen molar-refractivity contribution in [2.75, 3.05) is 20.8 Å². The van der Waals surface area contributed by atoms with E-state index in [4.69, 9.17) is 15.2 Å². The Labute approximate surface area is 97.6 Å². The fourth-order valence-corrected chi connectivity index (χ4v) is 1.78. The summed E-state index contributed by atoms with van der Waals surface area (Å²) in [6, 6.07) is 4.08. The van der Waals surface area contributed by atoms with E-state index >= 15 is 0 Å². The van der Waals surface area contributed by atoms with Crippen LogP contribution in [0.5, 0.6) is 11.5 Å². The van der Waals surface area contributed by atoms with Gasteiger partial charge in [-0.15, -0.1) is 0 Å². The van der Waals surface area contributed by atoms with Gasteiger partial charge in [-0.2, -0.15) is 0 Å². The van der Waals surface area contributed by atoms with E-state index in [1.165, 1.54) is 5.56 Å². The van der Waals surface area contributed by atoms with Crippen molar-refractivity contribution in [1.82, 2.24) is 0 Å². The van der Waals surface area contributed by atoms with Crippen molar-refractivity contribution in [2.24, 2.45) is 5.73 Å². The first-order valence-electron chi connectivity index (χ1n) is 5.62. The minimum atomic E-state index is 0.297. The molecule has 1 rings (SSSR count). The fourth-order valence-electron chi connectivity index (χ4n) is 1.78. The van der Waals surface area contributed by atoms with Crippen LogP contribution in [0.3, 0.4) is 0 Å². The molecule has 0 saturated carbocycles. The molecule has 16 heavy (non-hydrogen) atoms. The molecule has 0 radical (unpaired) electrons. The number of ether oxygens (including phenoxy) is 2. The molecule has 90 valence electrons. The lowest BCUT2D eigenvalue weighted by molar-refractivity contribution is 0.386. The van der Waals surface area contributed by atoms with Gasteiger partial charge in [0.25, 0.3) is 0 Å². The Balaban J connectivity index is 3.25. The van der Waals surface area contributed by atoms with Gasteiger partial charge in [0, 0.05) is 6.07 Å². The van der Waals surface area contributed by atoms with Crippen molar-refractivity contribution >= 4 is 0 Å². The standard InChI is InChI=1S/C13H21NO2/c1-5-10-6-11(9(2)8-14)13(16-4)7-12(10)15-3/h6-7,9H,5,8,14H2,1-4H3. The number of nitrogens with two attached hydrogens (primary N) is 1. The van der Waals surface area contributed by atoms with Crippen LogP contribution in [0.15, 0.2) is 12.1 Å². The van der Waals surface area contributed by atoms with E-state index in [0.717, 1.165) is 23.5 Å². The van der Waals surface area contributed by atoms with E-state index in [2.05, 4.69) is 19.9 Å². The zero-order valence-electron chi connectivity index (χ0n) is 10.5. The van der Waals surface area contributed by atoms with Gasteiger partial charge in [0.15, 0.2) is 0 Å². The summed E-state index contributed by atoms with van der Waals surface area (Å²) in [6.45, 7) is 4.83. The number of hydrogen-bond acceptors (Lipinski definition) is 3. The molecule has 1 atom stereocenters. The van der Waals surface area contributed by atoms with Gasteiger partial charge >= 0.3 is 0 Å². The largest absolute Gasteiger partial charge is 0.496 e. The highest BCUT2D eigenvalue weighted by molar-refractivity contribution is 5.48. The number of benzene rings is 1. The van der Waals surface area contributed by atoms with Crippen LogP contribution in [0, 0.1) is 0 Å². The van der Waals surface area contributed by atoms with Gasteiger partial charge in [0.2, 0.25) is 0 Å². The van der Waals surface area contributed by atoms with Crippen molar-refractivity contribution in [1.29, 1.82) is 0 Å². The third-order valence-electron chi connectivity index (χ3n) is 2.90. The van der Waals surface area contributed by atoms with Crippen LogP contribution in [0.2, 0.25) is 0 Å². The van der Waals surface area contributed by atoms with Crippen LogP contribution >= 0.6 is 0 Å². The first kappa shape index (κ1) is 12.8. The van der Waals surface area contributed by atoms with Crippen LogP contribution in [0.1, 0.15) is 30.9 Å². The summed E-state index contributed by atoms with van der Waals surface area (Å²) in [5.74, 6) is 2.03. The van der Waals surface area contributed by atoms with E-state index in [-0.39, 0.29) is 0 Å². The third kappa shape index (κ3) is 2.47. The van der Waals surface area contributed by atoms with Crippen LogP contribution in [0.4, 0.5) is 0 Å². The summed E-state index contributed by atoms with van der Waals surface area (Å²) in [5, 5.41) is 0. The van der Waals surface area contributed by atoms with E-state index in [1.807, 2.05) is 6.07 Å². The summed E-state index contributed by atoms with van der Waals surface area (Å²) in [7, 11) is 3.35. The Morgan fingerprint density at radius 1 is 1.19 bits per heavy atom. The molecule has 0 fully saturated rings. The van der Waals surface area contributed by atoms with Gasteiger partial charge in [0.1, 0.15) is 11.5 Å². The van der Waals surface area contributed by atoms with Gasteiger partial charge in [-0.25, -0.2) is 0 Å². The van der Waals surface area contributed by atoms with E-state index in [0.29, 0.717) is 12.5 Å². The molecule has 0 amide bonds. The summed E-state index contributed by atoms with van der Waals surface area (Å²) >= 11 is 0. The third-order valence-corrected chi connectivity index (χ3v) is 2.90. The Morgan fingerprint density at radius 2 is 1.81 bits per heavy atom. The quantitative estimate of drug-likeness (QED) is 0.833. The molecule has 0 aliphatic heterocycles. The second-order valence-electron chi connectivity index (χ2n) is 3.90. The molecule has 0 aromatic heterocycles. The van der Waals surface area contributed by atoms with Gasteiger partial charge in [-0.1, -0.05) is 13.8 Å². The maximum Gasteiger partial charge on any atom is 0.126 e. The average molecular weight is 223 g/mol. The number of hydrogen-bond donors (Lipinski definition) is 1. The van der Waals surface area contributed by atoms with E-state index in [9.17, 15) is 0 Å². The van der Waals surface area contributed by atoms with Crippen LogP contribution < -0.4 is 15.2 Å². The first-order chi connectivity index (χ1) is 7.67. The summed E-state index contributed by atoms with van der Waals surface area (Å²) < 4.78 is 10.7.